The molecule has 1 aliphatic heterocycles. The lowest BCUT2D eigenvalue weighted by molar-refractivity contribution is -0.129. The van der Waals surface area contributed by atoms with Gasteiger partial charge in [-0.2, -0.15) is 5.10 Å². The molecule has 2 aliphatic rings. The van der Waals surface area contributed by atoms with Gasteiger partial charge < -0.3 is 20.1 Å². The van der Waals surface area contributed by atoms with Gasteiger partial charge in [0.25, 0.3) is 5.91 Å². The fourth-order valence-corrected chi connectivity index (χ4v) is 4.56. The summed E-state index contributed by atoms with van der Waals surface area (Å²) in [5, 5.41) is 17.4. The van der Waals surface area contributed by atoms with E-state index in [1.165, 1.54) is 12.1 Å². The first-order valence-electron chi connectivity index (χ1n) is 11.4. The lowest BCUT2D eigenvalue weighted by atomic mass is 9.92. The smallest absolute Gasteiger partial charge is 0.263 e. The molecule has 1 aliphatic carbocycles. The SMILES string of the molecule is O=C(N[C@H]1CCCC[C@@H]1O)C1CN(Cc2ccc(-n3cccn3)cc2)c2cc(F)ccc2O1. The van der Waals surface area contributed by atoms with Gasteiger partial charge in [-0.1, -0.05) is 25.0 Å². The molecule has 2 aromatic carbocycles. The van der Waals surface area contributed by atoms with E-state index < -0.39 is 12.2 Å². The molecule has 1 saturated carbocycles. The molecule has 2 N–H and O–H groups in total. The average Bonchev–Trinajstić information content (AvgIpc) is 3.36. The quantitative estimate of drug-likeness (QED) is 0.624. The van der Waals surface area contributed by atoms with Crippen LogP contribution in [-0.4, -0.2) is 45.6 Å². The number of fused-ring (bicyclic) bond motifs is 1. The van der Waals surface area contributed by atoms with Crippen LogP contribution in [0, 0.1) is 5.82 Å². The first kappa shape index (κ1) is 21.5. The van der Waals surface area contributed by atoms with E-state index in [2.05, 4.69) is 10.4 Å². The van der Waals surface area contributed by atoms with Crippen LogP contribution in [0.15, 0.2) is 60.9 Å². The predicted molar refractivity (Wildman–Crippen MR) is 122 cm³/mol. The maximum Gasteiger partial charge on any atom is 0.263 e. The second kappa shape index (κ2) is 9.23. The average molecular weight is 451 g/mol. The molecule has 1 amide bonds. The van der Waals surface area contributed by atoms with Gasteiger partial charge in [0.1, 0.15) is 11.6 Å². The molecule has 0 saturated heterocycles. The van der Waals surface area contributed by atoms with Gasteiger partial charge in [-0.15, -0.1) is 0 Å². The molecule has 2 heterocycles. The number of nitrogens with zero attached hydrogens (tertiary/aromatic N) is 3. The van der Waals surface area contributed by atoms with Crippen LogP contribution in [0.2, 0.25) is 0 Å². The third-order valence-corrected chi connectivity index (χ3v) is 6.35. The maximum atomic E-state index is 14.0. The van der Waals surface area contributed by atoms with Gasteiger partial charge in [0.15, 0.2) is 6.10 Å². The molecule has 3 aromatic rings. The number of rotatable bonds is 5. The fraction of sp³-hybridized carbons (Fsp3) is 0.360. The van der Waals surface area contributed by atoms with Crippen molar-refractivity contribution in [3.05, 3.63) is 72.3 Å². The van der Waals surface area contributed by atoms with Crippen LogP contribution < -0.4 is 15.0 Å². The Morgan fingerprint density at radius 3 is 2.76 bits per heavy atom. The van der Waals surface area contributed by atoms with Crippen LogP contribution in [0.1, 0.15) is 31.2 Å². The van der Waals surface area contributed by atoms with Gasteiger partial charge in [0.05, 0.1) is 30.1 Å². The molecular formula is C25H27FN4O3. The van der Waals surface area contributed by atoms with Crippen LogP contribution in [0.3, 0.4) is 0 Å². The summed E-state index contributed by atoms with van der Waals surface area (Å²) in [6.07, 6.45) is 5.73. The zero-order valence-electron chi connectivity index (χ0n) is 18.2. The minimum atomic E-state index is -0.750. The second-order valence-corrected chi connectivity index (χ2v) is 8.68. The molecular weight excluding hydrogens is 423 g/mol. The highest BCUT2D eigenvalue weighted by molar-refractivity contribution is 5.83. The van der Waals surface area contributed by atoms with Crippen LogP contribution in [0.4, 0.5) is 10.1 Å². The highest BCUT2D eigenvalue weighted by Gasteiger charge is 2.34. The number of halogens is 1. The summed E-state index contributed by atoms with van der Waals surface area (Å²) < 4.78 is 21.8. The van der Waals surface area contributed by atoms with Crippen molar-refractivity contribution in [3.8, 4) is 11.4 Å². The van der Waals surface area contributed by atoms with E-state index in [1.54, 1.807) is 16.9 Å². The number of carbonyl (C=O) groups excluding carboxylic acids is 1. The number of nitrogens with one attached hydrogen (secondary N) is 1. The number of aliphatic hydroxyl groups is 1. The molecule has 0 bridgehead atoms. The van der Waals surface area contributed by atoms with Crippen LogP contribution in [0.25, 0.3) is 5.69 Å². The molecule has 33 heavy (non-hydrogen) atoms. The normalized spacial score (nSPS) is 22.4. The van der Waals surface area contributed by atoms with Gasteiger partial charge in [-0.05, 0) is 48.7 Å². The number of anilines is 1. The van der Waals surface area contributed by atoms with Crippen molar-refractivity contribution in [3.63, 3.8) is 0 Å². The Morgan fingerprint density at radius 2 is 2.00 bits per heavy atom. The van der Waals surface area contributed by atoms with Gasteiger partial charge in [0, 0.05) is 25.0 Å². The summed E-state index contributed by atoms with van der Waals surface area (Å²) in [7, 11) is 0. The van der Waals surface area contributed by atoms with Crippen molar-refractivity contribution in [1.82, 2.24) is 15.1 Å². The number of ether oxygens (including phenoxy) is 1. The van der Waals surface area contributed by atoms with E-state index in [1.807, 2.05) is 41.4 Å². The minimum absolute atomic E-state index is 0.255. The standard InChI is InChI=1S/C25H27FN4O3/c26-18-8-11-23-21(14-18)29(15-17-6-9-19(10-7-17)30-13-3-12-27-30)16-24(33-23)25(32)28-20-4-1-2-5-22(20)31/h3,6-14,20,22,24,31H,1-2,4-5,15-16H2,(H,28,32)/t20-,22-,24?/m0/s1. The number of hydrogen-bond donors (Lipinski definition) is 2. The molecule has 0 spiro atoms. The van der Waals surface area contributed by atoms with Crippen LogP contribution in [-0.2, 0) is 11.3 Å². The van der Waals surface area contributed by atoms with E-state index in [4.69, 9.17) is 4.74 Å². The molecule has 0 radical (unpaired) electrons. The predicted octanol–water partition coefficient (Wildman–Crippen LogP) is 3.20. The zero-order chi connectivity index (χ0) is 22.8. The first-order valence-corrected chi connectivity index (χ1v) is 11.4. The van der Waals surface area contributed by atoms with E-state index in [0.29, 0.717) is 24.4 Å². The molecule has 1 unspecified atom stereocenters. The van der Waals surface area contributed by atoms with Gasteiger partial charge >= 0.3 is 0 Å². The van der Waals surface area contributed by atoms with Crippen LogP contribution >= 0.6 is 0 Å². The molecule has 1 fully saturated rings. The van der Waals surface area contributed by atoms with Crippen molar-refractivity contribution >= 4 is 11.6 Å². The van der Waals surface area contributed by atoms with Gasteiger partial charge in [0.2, 0.25) is 0 Å². The van der Waals surface area contributed by atoms with E-state index in [0.717, 1.165) is 30.5 Å². The summed E-state index contributed by atoms with van der Waals surface area (Å²) in [6, 6.07) is 13.9. The van der Waals surface area contributed by atoms with Crippen molar-refractivity contribution in [2.24, 2.45) is 0 Å². The minimum Gasteiger partial charge on any atom is -0.477 e. The lowest BCUT2D eigenvalue weighted by Crippen LogP contribution is -2.54. The van der Waals surface area contributed by atoms with Gasteiger partial charge in [-0.3, -0.25) is 4.79 Å². The van der Waals surface area contributed by atoms with Crippen molar-refractivity contribution in [1.29, 1.82) is 0 Å². The molecule has 1 aromatic heterocycles. The lowest BCUT2D eigenvalue weighted by Gasteiger charge is -2.37. The Balaban J connectivity index is 1.34. The molecule has 172 valence electrons. The number of aliphatic hydroxyl groups excluding tert-OH is 1. The topological polar surface area (TPSA) is 79.6 Å². The molecule has 8 heteroatoms. The largest absolute Gasteiger partial charge is 0.477 e. The Hall–Kier alpha value is -3.39. The highest BCUT2D eigenvalue weighted by Crippen LogP contribution is 2.35. The summed E-state index contributed by atoms with van der Waals surface area (Å²) in [6.45, 7) is 0.779. The summed E-state index contributed by atoms with van der Waals surface area (Å²) in [5.74, 6) is -0.139. The van der Waals surface area contributed by atoms with Crippen LogP contribution in [0.5, 0.6) is 5.75 Å². The van der Waals surface area contributed by atoms with Crippen molar-refractivity contribution in [2.45, 2.75) is 50.5 Å². The number of amides is 1. The third kappa shape index (κ3) is 4.71. The zero-order valence-corrected chi connectivity index (χ0v) is 18.2. The Kier molecular flexibility index (Phi) is 6.00. The molecule has 5 rings (SSSR count). The van der Waals surface area contributed by atoms with E-state index in [-0.39, 0.29) is 24.3 Å². The summed E-state index contributed by atoms with van der Waals surface area (Å²) in [4.78, 5) is 15.0. The summed E-state index contributed by atoms with van der Waals surface area (Å²) in [5.41, 5.74) is 2.58. The third-order valence-electron chi connectivity index (χ3n) is 6.35. The van der Waals surface area contributed by atoms with Crippen molar-refractivity contribution < 1.29 is 19.0 Å². The Labute approximate surface area is 191 Å². The van der Waals surface area contributed by atoms with E-state index in [9.17, 15) is 14.3 Å². The van der Waals surface area contributed by atoms with E-state index >= 15 is 0 Å². The Bertz CT molecular complexity index is 1100. The number of carbonyl (C=O) groups is 1. The number of hydrogen-bond acceptors (Lipinski definition) is 5. The fourth-order valence-electron chi connectivity index (χ4n) is 4.56. The molecule has 3 atom stereocenters. The monoisotopic (exact) mass is 450 g/mol. The first-order chi connectivity index (χ1) is 16.1. The summed E-state index contributed by atoms with van der Waals surface area (Å²) >= 11 is 0. The number of benzene rings is 2. The maximum absolute atomic E-state index is 14.0. The highest BCUT2D eigenvalue weighted by atomic mass is 19.1. The second-order valence-electron chi connectivity index (χ2n) is 8.68. The molecule has 7 nitrogen and oxygen atoms in total. The van der Waals surface area contributed by atoms with Gasteiger partial charge in [-0.25, -0.2) is 9.07 Å². The Morgan fingerprint density at radius 1 is 1.18 bits per heavy atom. The number of aromatic nitrogens is 2. The van der Waals surface area contributed by atoms with Crippen molar-refractivity contribution in [2.75, 3.05) is 11.4 Å².